The minimum absolute atomic E-state index is 0.344. The van der Waals surface area contributed by atoms with Crippen LogP contribution in [0.2, 0.25) is 0 Å². The average molecular weight is 203 g/mol. The Morgan fingerprint density at radius 1 is 1.31 bits per heavy atom. The molecule has 0 amide bonds. The maximum atomic E-state index is 6.06. The molecule has 1 aliphatic heterocycles. The molecule has 2 aliphatic rings. The van der Waals surface area contributed by atoms with E-state index >= 15 is 0 Å². The van der Waals surface area contributed by atoms with Crippen LogP contribution in [-0.2, 0) is 4.74 Å². The average Bonchev–Trinajstić information content (AvgIpc) is 2.77. The molecular weight excluding hydrogens is 184 g/mol. The number of halogens is 1. The van der Waals surface area contributed by atoms with Crippen molar-refractivity contribution < 1.29 is 4.74 Å². The predicted molar refractivity (Wildman–Crippen MR) is 55.2 cm³/mol. The Morgan fingerprint density at radius 2 is 2.08 bits per heavy atom. The largest absolute Gasteiger partial charge is 0.381 e. The third-order valence-electron chi connectivity index (χ3n) is 3.66. The standard InChI is InChI=1S/C11H19ClO/c12-8-11(5-6-13-9-11)7-10-3-1-2-4-10/h10H,1-9H2. The summed E-state index contributed by atoms with van der Waals surface area (Å²) in [6.07, 6.45) is 8.23. The zero-order chi connectivity index (χ0) is 9.15. The molecule has 1 saturated heterocycles. The first-order valence-corrected chi connectivity index (χ1v) is 6.02. The van der Waals surface area contributed by atoms with Crippen molar-refractivity contribution in [2.24, 2.45) is 11.3 Å². The van der Waals surface area contributed by atoms with Gasteiger partial charge in [-0.1, -0.05) is 25.7 Å². The molecule has 0 spiro atoms. The van der Waals surface area contributed by atoms with Crippen LogP contribution in [0.15, 0.2) is 0 Å². The van der Waals surface area contributed by atoms with Crippen LogP contribution < -0.4 is 0 Å². The van der Waals surface area contributed by atoms with Crippen LogP contribution in [0.1, 0.15) is 38.5 Å². The lowest BCUT2D eigenvalue weighted by atomic mass is 9.79. The van der Waals surface area contributed by atoms with Gasteiger partial charge >= 0.3 is 0 Å². The molecular formula is C11H19ClO. The molecule has 2 heteroatoms. The van der Waals surface area contributed by atoms with E-state index in [-0.39, 0.29) is 0 Å². The second-order valence-electron chi connectivity index (χ2n) is 4.79. The fourth-order valence-corrected chi connectivity index (χ4v) is 3.12. The molecule has 1 nitrogen and oxygen atoms in total. The molecule has 0 bridgehead atoms. The van der Waals surface area contributed by atoms with Crippen molar-refractivity contribution in [3.05, 3.63) is 0 Å². The minimum atomic E-state index is 0.344. The molecule has 1 atom stereocenters. The quantitative estimate of drug-likeness (QED) is 0.639. The Hall–Kier alpha value is 0.250. The van der Waals surface area contributed by atoms with Gasteiger partial charge in [0.25, 0.3) is 0 Å². The van der Waals surface area contributed by atoms with Gasteiger partial charge in [0.05, 0.1) is 6.61 Å². The van der Waals surface area contributed by atoms with Crippen molar-refractivity contribution >= 4 is 11.6 Å². The van der Waals surface area contributed by atoms with Gasteiger partial charge in [0.1, 0.15) is 0 Å². The van der Waals surface area contributed by atoms with E-state index in [0.717, 1.165) is 25.0 Å². The Balaban J connectivity index is 1.88. The van der Waals surface area contributed by atoms with Crippen LogP contribution in [0.25, 0.3) is 0 Å². The van der Waals surface area contributed by atoms with Crippen molar-refractivity contribution in [1.29, 1.82) is 0 Å². The predicted octanol–water partition coefficient (Wildman–Crippen LogP) is 3.21. The Bertz CT molecular complexity index is 157. The zero-order valence-electron chi connectivity index (χ0n) is 8.23. The van der Waals surface area contributed by atoms with Gasteiger partial charge in [-0.15, -0.1) is 11.6 Å². The van der Waals surface area contributed by atoms with Crippen LogP contribution >= 0.6 is 11.6 Å². The summed E-state index contributed by atoms with van der Waals surface area (Å²) in [7, 11) is 0. The molecule has 0 radical (unpaired) electrons. The lowest BCUT2D eigenvalue weighted by Crippen LogP contribution is -2.25. The molecule has 2 rings (SSSR count). The number of hydrogen-bond acceptors (Lipinski definition) is 1. The van der Waals surface area contributed by atoms with E-state index in [4.69, 9.17) is 16.3 Å². The van der Waals surface area contributed by atoms with Crippen LogP contribution in [0, 0.1) is 11.3 Å². The molecule has 2 fully saturated rings. The van der Waals surface area contributed by atoms with Crippen LogP contribution in [0.5, 0.6) is 0 Å². The molecule has 0 N–H and O–H groups in total. The van der Waals surface area contributed by atoms with E-state index in [2.05, 4.69) is 0 Å². The Morgan fingerprint density at radius 3 is 2.62 bits per heavy atom. The summed E-state index contributed by atoms with van der Waals surface area (Å²) in [6, 6.07) is 0. The molecule has 1 aliphatic carbocycles. The number of ether oxygens (including phenoxy) is 1. The first-order chi connectivity index (χ1) is 6.35. The molecule has 1 heterocycles. The summed E-state index contributed by atoms with van der Waals surface area (Å²) in [6.45, 7) is 1.84. The van der Waals surface area contributed by atoms with Gasteiger partial charge in [-0.05, 0) is 18.8 Å². The zero-order valence-corrected chi connectivity index (χ0v) is 8.98. The summed E-state index contributed by atoms with van der Waals surface area (Å²) in [4.78, 5) is 0. The SMILES string of the molecule is ClCC1(CC2CCCC2)CCOC1. The van der Waals surface area contributed by atoms with Crippen molar-refractivity contribution in [3.63, 3.8) is 0 Å². The number of alkyl halides is 1. The van der Waals surface area contributed by atoms with Gasteiger partial charge in [0.15, 0.2) is 0 Å². The monoisotopic (exact) mass is 202 g/mol. The van der Waals surface area contributed by atoms with E-state index in [0.29, 0.717) is 5.41 Å². The molecule has 0 aromatic heterocycles. The van der Waals surface area contributed by atoms with Crippen LogP contribution in [0.4, 0.5) is 0 Å². The Kier molecular flexibility index (Phi) is 3.15. The molecule has 76 valence electrons. The summed E-state index contributed by atoms with van der Waals surface area (Å²) < 4.78 is 5.48. The molecule has 1 unspecified atom stereocenters. The normalized spacial score (nSPS) is 35.8. The summed E-state index contributed by atoms with van der Waals surface area (Å²) in [5, 5.41) is 0. The molecule has 0 aromatic rings. The lowest BCUT2D eigenvalue weighted by Gasteiger charge is -2.27. The van der Waals surface area contributed by atoms with Crippen molar-refractivity contribution in [3.8, 4) is 0 Å². The smallest absolute Gasteiger partial charge is 0.0534 e. The van der Waals surface area contributed by atoms with Crippen LogP contribution in [-0.4, -0.2) is 19.1 Å². The summed E-state index contributed by atoms with van der Waals surface area (Å²) in [5.41, 5.74) is 0.344. The number of hydrogen-bond donors (Lipinski definition) is 0. The third-order valence-corrected chi connectivity index (χ3v) is 4.23. The Labute approximate surface area is 85.8 Å². The van der Waals surface area contributed by atoms with E-state index < -0.39 is 0 Å². The van der Waals surface area contributed by atoms with Gasteiger partial charge in [-0.25, -0.2) is 0 Å². The fraction of sp³-hybridized carbons (Fsp3) is 1.00. The fourth-order valence-electron chi connectivity index (χ4n) is 2.80. The van der Waals surface area contributed by atoms with Crippen molar-refractivity contribution in [1.82, 2.24) is 0 Å². The van der Waals surface area contributed by atoms with Gasteiger partial charge in [0, 0.05) is 17.9 Å². The van der Waals surface area contributed by atoms with Gasteiger partial charge < -0.3 is 4.74 Å². The number of rotatable bonds is 3. The molecule has 13 heavy (non-hydrogen) atoms. The second-order valence-corrected chi connectivity index (χ2v) is 5.06. The molecule has 0 aromatic carbocycles. The first-order valence-electron chi connectivity index (χ1n) is 5.48. The van der Waals surface area contributed by atoms with Crippen LogP contribution in [0.3, 0.4) is 0 Å². The van der Waals surface area contributed by atoms with Gasteiger partial charge in [-0.3, -0.25) is 0 Å². The highest BCUT2D eigenvalue weighted by molar-refractivity contribution is 6.18. The maximum absolute atomic E-state index is 6.06. The van der Waals surface area contributed by atoms with Crippen molar-refractivity contribution in [2.75, 3.05) is 19.1 Å². The first kappa shape index (κ1) is 9.79. The highest BCUT2D eigenvalue weighted by Crippen LogP contribution is 2.41. The lowest BCUT2D eigenvalue weighted by molar-refractivity contribution is 0.146. The highest BCUT2D eigenvalue weighted by Gasteiger charge is 2.36. The summed E-state index contributed by atoms with van der Waals surface area (Å²) >= 11 is 6.06. The van der Waals surface area contributed by atoms with E-state index in [1.54, 1.807) is 0 Å². The second kappa shape index (κ2) is 4.18. The molecule has 1 saturated carbocycles. The van der Waals surface area contributed by atoms with Gasteiger partial charge in [0.2, 0.25) is 0 Å². The van der Waals surface area contributed by atoms with E-state index in [1.165, 1.54) is 38.5 Å². The summed E-state index contributed by atoms with van der Waals surface area (Å²) in [5.74, 6) is 1.74. The third kappa shape index (κ3) is 2.19. The van der Waals surface area contributed by atoms with E-state index in [1.807, 2.05) is 0 Å². The van der Waals surface area contributed by atoms with E-state index in [9.17, 15) is 0 Å². The topological polar surface area (TPSA) is 9.23 Å². The highest BCUT2D eigenvalue weighted by atomic mass is 35.5. The minimum Gasteiger partial charge on any atom is -0.381 e. The van der Waals surface area contributed by atoms with Gasteiger partial charge in [-0.2, -0.15) is 0 Å². The van der Waals surface area contributed by atoms with Crippen molar-refractivity contribution in [2.45, 2.75) is 38.5 Å². The maximum Gasteiger partial charge on any atom is 0.0534 e.